The lowest BCUT2D eigenvalue weighted by Crippen LogP contribution is -2.16. The summed E-state index contributed by atoms with van der Waals surface area (Å²) in [4.78, 5) is 25.5. The molecule has 0 aliphatic carbocycles. The van der Waals surface area contributed by atoms with Crippen LogP contribution in [-0.2, 0) is 0 Å². The topological polar surface area (TPSA) is 76.7 Å². The van der Waals surface area contributed by atoms with Crippen molar-refractivity contribution in [2.24, 2.45) is 11.8 Å². The Bertz CT molecular complexity index is 1000. The Morgan fingerprint density at radius 2 is 0.971 bits per heavy atom. The van der Waals surface area contributed by atoms with Crippen LogP contribution in [0, 0.1) is 11.8 Å². The highest BCUT2D eigenvalue weighted by Gasteiger charge is 2.13. The molecule has 2 N–H and O–H groups in total. The maximum Gasteiger partial charge on any atom is 0.255 e. The molecule has 6 nitrogen and oxygen atoms in total. The van der Waals surface area contributed by atoms with Gasteiger partial charge in [-0.3, -0.25) is 9.59 Å². The second kappa shape index (κ2) is 11.9. The normalized spacial score (nSPS) is 10.8. The Morgan fingerprint density at radius 1 is 0.618 bits per heavy atom. The third kappa shape index (κ3) is 7.37. The number of nitrogens with one attached hydrogen (secondary N) is 2. The smallest absolute Gasteiger partial charge is 0.255 e. The van der Waals surface area contributed by atoms with E-state index in [0.717, 1.165) is 11.5 Å². The van der Waals surface area contributed by atoms with Gasteiger partial charge in [0.05, 0.1) is 24.6 Å². The minimum absolute atomic E-state index is 0.274. The molecule has 3 rings (SSSR count). The summed E-state index contributed by atoms with van der Waals surface area (Å²) in [5.41, 5.74) is 2.01. The highest BCUT2D eigenvalue weighted by molar-refractivity contribution is 6.10. The molecule has 3 aromatic carbocycles. The maximum absolute atomic E-state index is 12.8. The van der Waals surface area contributed by atoms with Crippen LogP contribution in [0.2, 0.25) is 0 Å². The third-order valence-electron chi connectivity index (χ3n) is 4.82. The maximum atomic E-state index is 12.8. The van der Waals surface area contributed by atoms with E-state index in [-0.39, 0.29) is 11.8 Å². The largest absolute Gasteiger partial charge is 0.493 e. The van der Waals surface area contributed by atoms with Gasteiger partial charge in [-0.05, 0) is 72.5 Å². The first-order valence-corrected chi connectivity index (χ1v) is 11.5. The highest BCUT2D eigenvalue weighted by Crippen LogP contribution is 2.24. The zero-order valence-corrected chi connectivity index (χ0v) is 20.1. The lowest BCUT2D eigenvalue weighted by molar-refractivity contribution is 0.101. The SMILES string of the molecule is CC(C)COc1ccc(C(=O)Nc2ccccc2NC(=O)c2ccc(OCC(C)C)cc2)cc1. The summed E-state index contributed by atoms with van der Waals surface area (Å²) in [5.74, 6) is 1.74. The van der Waals surface area contributed by atoms with E-state index in [4.69, 9.17) is 9.47 Å². The predicted molar refractivity (Wildman–Crippen MR) is 136 cm³/mol. The number of ether oxygens (including phenoxy) is 2. The van der Waals surface area contributed by atoms with Crippen LogP contribution in [0.15, 0.2) is 72.8 Å². The van der Waals surface area contributed by atoms with Crippen molar-refractivity contribution in [3.63, 3.8) is 0 Å². The number of hydrogen-bond donors (Lipinski definition) is 2. The average Bonchev–Trinajstić information content (AvgIpc) is 2.83. The minimum atomic E-state index is -0.274. The number of carbonyl (C=O) groups is 2. The second-order valence-corrected chi connectivity index (χ2v) is 8.91. The Kier molecular flexibility index (Phi) is 8.68. The van der Waals surface area contributed by atoms with Crippen LogP contribution in [0.3, 0.4) is 0 Å². The van der Waals surface area contributed by atoms with Crippen molar-refractivity contribution in [3.8, 4) is 11.5 Å². The highest BCUT2D eigenvalue weighted by atomic mass is 16.5. The number of carbonyl (C=O) groups excluding carboxylic acids is 2. The van der Waals surface area contributed by atoms with Crippen molar-refractivity contribution < 1.29 is 19.1 Å². The van der Waals surface area contributed by atoms with E-state index >= 15 is 0 Å². The Hall–Kier alpha value is -3.80. The summed E-state index contributed by atoms with van der Waals surface area (Å²) in [7, 11) is 0. The van der Waals surface area contributed by atoms with Crippen LogP contribution >= 0.6 is 0 Å². The van der Waals surface area contributed by atoms with Crippen molar-refractivity contribution in [1.29, 1.82) is 0 Å². The first-order valence-electron chi connectivity index (χ1n) is 11.5. The fourth-order valence-corrected chi connectivity index (χ4v) is 3.02. The van der Waals surface area contributed by atoms with Crippen molar-refractivity contribution >= 4 is 23.2 Å². The van der Waals surface area contributed by atoms with E-state index in [9.17, 15) is 9.59 Å². The van der Waals surface area contributed by atoms with Gasteiger partial charge in [0.15, 0.2) is 0 Å². The molecule has 0 aromatic heterocycles. The molecule has 0 radical (unpaired) electrons. The summed E-state index contributed by atoms with van der Waals surface area (Å²) in [6.45, 7) is 9.55. The van der Waals surface area contributed by atoms with Gasteiger partial charge in [-0.1, -0.05) is 39.8 Å². The molecular formula is C28H32N2O4. The average molecular weight is 461 g/mol. The number of rotatable bonds is 10. The molecule has 2 amide bonds. The van der Waals surface area contributed by atoms with Gasteiger partial charge in [-0.15, -0.1) is 0 Å². The molecule has 0 aliphatic heterocycles. The van der Waals surface area contributed by atoms with Gasteiger partial charge in [-0.2, -0.15) is 0 Å². The lowest BCUT2D eigenvalue weighted by Gasteiger charge is -2.13. The third-order valence-corrected chi connectivity index (χ3v) is 4.82. The Balaban J connectivity index is 1.64. The molecular weight excluding hydrogens is 428 g/mol. The standard InChI is InChI=1S/C28H32N2O4/c1-19(2)17-33-23-13-9-21(10-14-23)27(31)29-25-7-5-6-8-26(25)30-28(32)22-11-15-24(16-12-22)34-18-20(3)4/h5-16,19-20H,17-18H2,1-4H3,(H,29,31)(H,30,32). The summed E-state index contributed by atoms with van der Waals surface area (Å²) in [6, 6.07) is 21.1. The van der Waals surface area contributed by atoms with Gasteiger partial charge < -0.3 is 20.1 Å². The number of anilines is 2. The fraction of sp³-hybridized carbons (Fsp3) is 0.286. The number of hydrogen-bond acceptors (Lipinski definition) is 4. The van der Waals surface area contributed by atoms with Gasteiger partial charge in [0.25, 0.3) is 11.8 Å². The second-order valence-electron chi connectivity index (χ2n) is 8.91. The van der Waals surface area contributed by atoms with Crippen molar-refractivity contribution in [2.45, 2.75) is 27.7 Å². The first-order chi connectivity index (χ1) is 16.3. The molecule has 0 fully saturated rings. The van der Waals surface area contributed by atoms with Gasteiger partial charge in [0.1, 0.15) is 11.5 Å². The van der Waals surface area contributed by atoms with E-state index in [1.165, 1.54) is 0 Å². The Labute approximate surface area is 201 Å². The number of benzene rings is 3. The monoisotopic (exact) mass is 460 g/mol. The zero-order valence-electron chi connectivity index (χ0n) is 20.1. The van der Waals surface area contributed by atoms with E-state index < -0.39 is 0 Å². The summed E-state index contributed by atoms with van der Waals surface area (Å²) < 4.78 is 11.3. The van der Waals surface area contributed by atoms with Crippen LogP contribution < -0.4 is 20.1 Å². The number of amides is 2. The molecule has 0 unspecified atom stereocenters. The zero-order chi connectivity index (χ0) is 24.5. The van der Waals surface area contributed by atoms with Crippen LogP contribution in [0.25, 0.3) is 0 Å². The molecule has 0 saturated carbocycles. The molecule has 0 aliphatic rings. The van der Waals surface area contributed by atoms with Crippen LogP contribution in [-0.4, -0.2) is 25.0 Å². The molecule has 0 bridgehead atoms. The summed E-state index contributed by atoms with van der Waals surface area (Å²) in [6.07, 6.45) is 0. The lowest BCUT2D eigenvalue weighted by atomic mass is 10.1. The van der Waals surface area contributed by atoms with Crippen LogP contribution in [0.1, 0.15) is 48.4 Å². The summed E-state index contributed by atoms with van der Waals surface area (Å²) >= 11 is 0. The van der Waals surface area contributed by atoms with Gasteiger partial charge in [-0.25, -0.2) is 0 Å². The minimum Gasteiger partial charge on any atom is -0.493 e. The van der Waals surface area contributed by atoms with Crippen LogP contribution in [0.5, 0.6) is 11.5 Å². The molecule has 0 spiro atoms. The molecule has 0 saturated heterocycles. The van der Waals surface area contributed by atoms with Gasteiger partial charge in [0.2, 0.25) is 0 Å². The quantitative estimate of drug-likeness (QED) is 0.374. The molecule has 0 heterocycles. The van der Waals surface area contributed by atoms with E-state index in [1.807, 2.05) is 0 Å². The van der Waals surface area contributed by atoms with Crippen molar-refractivity contribution in [1.82, 2.24) is 0 Å². The number of para-hydroxylation sites is 2. The van der Waals surface area contributed by atoms with Crippen molar-refractivity contribution in [3.05, 3.63) is 83.9 Å². The summed E-state index contributed by atoms with van der Waals surface area (Å²) in [5, 5.41) is 5.75. The molecule has 34 heavy (non-hydrogen) atoms. The van der Waals surface area contributed by atoms with Crippen molar-refractivity contribution in [2.75, 3.05) is 23.8 Å². The molecule has 3 aromatic rings. The fourth-order valence-electron chi connectivity index (χ4n) is 3.02. The van der Waals surface area contributed by atoms with E-state index in [0.29, 0.717) is 47.6 Å². The van der Waals surface area contributed by atoms with Gasteiger partial charge >= 0.3 is 0 Å². The van der Waals surface area contributed by atoms with Gasteiger partial charge in [0, 0.05) is 11.1 Å². The van der Waals surface area contributed by atoms with E-state index in [1.54, 1.807) is 72.8 Å². The molecule has 178 valence electrons. The molecule has 0 atom stereocenters. The molecule has 6 heteroatoms. The Morgan fingerprint density at radius 3 is 1.29 bits per heavy atom. The van der Waals surface area contributed by atoms with E-state index in [2.05, 4.69) is 38.3 Å². The van der Waals surface area contributed by atoms with Crippen LogP contribution in [0.4, 0.5) is 11.4 Å². The first kappa shape index (κ1) is 24.8. The predicted octanol–water partition coefficient (Wildman–Crippen LogP) is 6.26.